The molecule has 4 heteroatoms. The number of hydrogen-bond donors (Lipinski definition) is 0. The maximum Gasteiger partial charge on any atom is 0.0867 e. The number of nitrogens with zero attached hydrogens (tertiary/aromatic N) is 1. The van der Waals surface area contributed by atoms with Gasteiger partial charge in [0.2, 0.25) is 0 Å². The Morgan fingerprint density at radius 2 is 1.85 bits per heavy atom. The molecule has 0 unspecified atom stereocenters. The first-order valence-electron chi connectivity index (χ1n) is 4.65. The third kappa shape index (κ3) is 12.4. The van der Waals surface area contributed by atoms with Crippen LogP contribution in [-0.2, 0) is 25.8 Å². The number of thiocarbonyl (C=S) groups is 1. The zero-order chi connectivity index (χ0) is 9.23. The van der Waals surface area contributed by atoms with Crippen LogP contribution >= 0.6 is 12.2 Å². The maximum atomic E-state index is 5.19. The van der Waals surface area contributed by atoms with Crippen molar-refractivity contribution in [2.75, 3.05) is 13.2 Å². The summed E-state index contributed by atoms with van der Waals surface area (Å²) < 4.78 is 5.19. The van der Waals surface area contributed by atoms with Gasteiger partial charge in [-0.3, -0.25) is 0 Å². The average Bonchev–Trinajstić information content (AvgIpc) is 2.06. The van der Waals surface area contributed by atoms with Crippen LogP contribution in [0.4, 0.5) is 0 Å². The Hall–Kier alpha value is 0.378. The molecule has 0 aliphatic heterocycles. The first-order chi connectivity index (χ1) is 5.81. The molecule has 0 amide bonds. The molecule has 0 saturated heterocycles. The average molecular weight is 284 g/mol. The van der Waals surface area contributed by atoms with Gasteiger partial charge in [-0.1, -0.05) is 45.3 Å². The Morgan fingerprint density at radius 3 is 2.38 bits per heavy atom. The Bertz CT molecular complexity index is 110. The molecule has 0 spiro atoms. The quantitative estimate of drug-likeness (QED) is 0.424. The minimum absolute atomic E-state index is 0. The summed E-state index contributed by atoms with van der Waals surface area (Å²) in [5.74, 6) is 0. The molecule has 0 heterocycles. The molecule has 0 fully saturated rings. The molecule has 0 N–H and O–H groups in total. The number of ether oxygens (including phenoxy) is 1. The first kappa shape index (κ1) is 15.8. The zero-order valence-electron chi connectivity index (χ0n) is 8.41. The molecule has 0 aromatic heterocycles. The summed E-state index contributed by atoms with van der Waals surface area (Å²) in [7, 11) is 0. The molecule has 0 aromatic carbocycles. The van der Waals surface area contributed by atoms with Gasteiger partial charge in [-0.15, -0.1) is 6.54 Å². The van der Waals surface area contributed by atoms with Crippen molar-refractivity contribution in [2.45, 2.75) is 39.5 Å². The second-order valence-corrected chi connectivity index (χ2v) is 3.05. The normalized spacial score (nSPS) is 8.77. The van der Waals surface area contributed by atoms with Crippen molar-refractivity contribution in [1.82, 2.24) is 0 Å². The summed E-state index contributed by atoms with van der Waals surface area (Å²) in [6.07, 6.45) is 4.44. The number of rotatable bonds is 6. The number of hydrogen-bond acceptors (Lipinski definition) is 2. The van der Waals surface area contributed by atoms with Crippen molar-refractivity contribution in [2.24, 2.45) is 0 Å². The van der Waals surface area contributed by atoms with Gasteiger partial charge in [0, 0.05) is 21.1 Å². The van der Waals surface area contributed by atoms with Gasteiger partial charge in [0.25, 0.3) is 0 Å². The van der Waals surface area contributed by atoms with Gasteiger partial charge in [-0.05, 0) is 6.42 Å². The van der Waals surface area contributed by atoms with Crippen LogP contribution in [0.5, 0.6) is 0 Å². The van der Waals surface area contributed by atoms with Crippen molar-refractivity contribution >= 4 is 17.4 Å². The van der Waals surface area contributed by atoms with E-state index in [1.54, 1.807) is 0 Å². The molecule has 0 aliphatic carbocycles. The smallest absolute Gasteiger partial charge is 0.0867 e. The molecule has 0 radical (unpaired) electrons. The van der Waals surface area contributed by atoms with Gasteiger partial charge >= 0.3 is 0 Å². The fraction of sp³-hybridized carbons (Fsp3) is 0.889. The van der Waals surface area contributed by atoms with E-state index in [1.807, 2.05) is 0 Å². The van der Waals surface area contributed by atoms with Crippen molar-refractivity contribution in [3.63, 3.8) is 0 Å². The van der Waals surface area contributed by atoms with E-state index < -0.39 is 0 Å². The predicted octanol–water partition coefficient (Wildman–Crippen LogP) is 3.26. The van der Waals surface area contributed by atoms with E-state index in [2.05, 4.69) is 19.2 Å². The molecule has 13 heavy (non-hydrogen) atoms. The van der Waals surface area contributed by atoms with E-state index in [4.69, 9.17) is 17.0 Å². The van der Waals surface area contributed by atoms with Gasteiger partial charge < -0.3 is 10.1 Å². The standard InChI is InChI=1S/C9H19NOS.Mo/c1-3-5-7-10-9(12)11-8-6-4-2;/h3-8H2,1-2H3,(H,10,12);/p-1. The van der Waals surface area contributed by atoms with Crippen molar-refractivity contribution in [3.05, 3.63) is 5.32 Å². The SMILES string of the molecule is CCCC[N-]C(=S)OCCCC.[Mo]. The largest absolute Gasteiger partial charge is 0.644 e. The second kappa shape index (κ2) is 12.4. The van der Waals surface area contributed by atoms with Crippen LogP contribution in [0.15, 0.2) is 0 Å². The molecular weight excluding hydrogens is 266 g/mol. The van der Waals surface area contributed by atoms with Gasteiger partial charge in [-0.25, -0.2) is 0 Å². The zero-order valence-corrected chi connectivity index (χ0v) is 11.2. The Morgan fingerprint density at radius 1 is 1.23 bits per heavy atom. The summed E-state index contributed by atoms with van der Waals surface area (Å²) >= 11 is 4.89. The summed E-state index contributed by atoms with van der Waals surface area (Å²) in [6.45, 7) is 5.78. The van der Waals surface area contributed by atoms with Crippen LogP contribution in [0.3, 0.4) is 0 Å². The first-order valence-corrected chi connectivity index (χ1v) is 5.06. The molecule has 0 saturated carbocycles. The molecule has 0 aromatic rings. The Labute approximate surface area is 101 Å². The molecular formula is C9H18MoNOS-. The third-order valence-corrected chi connectivity index (χ3v) is 1.72. The molecule has 78 valence electrons. The fourth-order valence-corrected chi connectivity index (χ4v) is 0.853. The van der Waals surface area contributed by atoms with E-state index in [0.717, 1.165) is 32.2 Å². The van der Waals surface area contributed by atoms with Crippen LogP contribution in [0.25, 0.3) is 5.32 Å². The van der Waals surface area contributed by atoms with Crippen LogP contribution in [-0.4, -0.2) is 18.3 Å². The molecule has 0 bridgehead atoms. The summed E-state index contributed by atoms with van der Waals surface area (Å²) in [4.78, 5) is 0. The van der Waals surface area contributed by atoms with Crippen molar-refractivity contribution in [1.29, 1.82) is 0 Å². The van der Waals surface area contributed by atoms with Gasteiger partial charge in [0.15, 0.2) is 0 Å². The van der Waals surface area contributed by atoms with Gasteiger partial charge in [0.1, 0.15) is 0 Å². The van der Waals surface area contributed by atoms with Crippen LogP contribution in [0.2, 0.25) is 0 Å². The van der Waals surface area contributed by atoms with Gasteiger partial charge in [0.05, 0.1) is 11.8 Å². The van der Waals surface area contributed by atoms with Crippen LogP contribution in [0, 0.1) is 0 Å². The Kier molecular flexibility index (Phi) is 15.1. The Balaban J connectivity index is 0. The van der Waals surface area contributed by atoms with Gasteiger partial charge in [-0.2, -0.15) is 0 Å². The van der Waals surface area contributed by atoms with E-state index in [-0.39, 0.29) is 21.1 Å². The minimum atomic E-state index is 0. The monoisotopic (exact) mass is 286 g/mol. The predicted molar refractivity (Wildman–Crippen MR) is 56.6 cm³/mol. The summed E-state index contributed by atoms with van der Waals surface area (Å²) in [6, 6.07) is 0. The summed E-state index contributed by atoms with van der Waals surface area (Å²) in [5, 5.41) is 4.52. The maximum absolute atomic E-state index is 5.19. The topological polar surface area (TPSA) is 23.3 Å². The molecule has 0 aliphatic rings. The number of unbranched alkanes of at least 4 members (excludes halogenated alkanes) is 2. The van der Waals surface area contributed by atoms with Crippen LogP contribution < -0.4 is 0 Å². The fourth-order valence-electron chi connectivity index (χ4n) is 0.678. The molecule has 0 rings (SSSR count). The van der Waals surface area contributed by atoms with E-state index in [9.17, 15) is 0 Å². The molecule has 2 nitrogen and oxygen atoms in total. The van der Waals surface area contributed by atoms with Crippen molar-refractivity contribution < 1.29 is 25.8 Å². The van der Waals surface area contributed by atoms with E-state index in [1.165, 1.54) is 0 Å². The van der Waals surface area contributed by atoms with Crippen molar-refractivity contribution in [3.8, 4) is 0 Å². The van der Waals surface area contributed by atoms with Crippen LogP contribution in [0.1, 0.15) is 39.5 Å². The minimum Gasteiger partial charge on any atom is -0.644 e. The third-order valence-electron chi connectivity index (χ3n) is 1.48. The second-order valence-electron chi connectivity index (χ2n) is 2.70. The van der Waals surface area contributed by atoms with E-state index >= 15 is 0 Å². The summed E-state index contributed by atoms with van der Waals surface area (Å²) in [5.41, 5.74) is 0. The van der Waals surface area contributed by atoms with E-state index in [0.29, 0.717) is 11.8 Å². The molecule has 0 atom stereocenters.